The first-order chi connectivity index (χ1) is 10.1. The normalized spacial score (nSPS) is 12.0. The largest absolute Gasteiger partial charge is 0.493 e. The standard InChI is InChI=1S/C14H15IN4O2/c1-3-4-6-10(2)21-9-11-12(15)7-5-8-13(11)19-14(20)16-17-18-19/h3-8H,9H2,1-2H3,(H,16,18,20)/b4-3?,10-6+. The van der Waals surface area contributed by atoms with E-state index < -0.39 is 0 Å². The number of tetrazole rings is 1. The summed E-state index contributed by atoms with van der Waals surface area (Å²) in [5, 5.41) is 9.58. The maximum absolute atomic E-state index is 11.7. The van der Waals surface area contributed by atoms with Crippen molar-refractivity contribution in [2.24, 2.45) is 0 Å². The molecule has 0 fully saturated rings. The van der Waals surface area contributed by atoms with Crippen LogP contribution in [0.3, 0.4) is 0 Å². The second kappa shape index (κ2) is 7.21. The molecule has 21 heavy (non-hydrogen) atoms. The number of nitrogens with one attached hydrogen (secondary N) is 1. The van der Waals surface area contributed by atoms with E-state index in [1.807, 2.05) is 50.3 Å². The van der Waals surface area contributed by atoms with Gasteiger partial charge in [0.1, 0.15) is 6.61 Å². The van der Waals surface area contributed by atoms with Crippen molar-refractivity contribution >= 4 is 22.6 Å². The summed E-state index contributed by atoms with van der Waals surface area (Å²) in [6, 6.07) is 5.64. The fraction of sp³-hybridized carbons (Fsp3) is 0.214. The van der Waals surface area contributed by atoms with Crippen LogP contribution in [0.5, 0.6) is 0 Å². The van der Waals surface area contributed by atoms with Gasteiger partial charge in [-0.2, -0.15) is 4.68 Å². The van der Waals surface area contributed by atoms with Gasteiger partial charge in [0, 0.05) is 9.13 Å². The quantitative estimate of drug-likeness (QED) is 0.478. The van der Waals surface area contributed by atoms with Crippen molar-refractivity contribution in [1.82, 2.24) is 20.2 Å². The lowest BCUT2D eigenvalue weighted by Gasteiger charge is -2.12. The Labute approximate surface area is 135 Å². The molecule has 0 saturated heterocycles. The Morgan fingerprint density at radius 1 is 1.52 bits per heavy atom. The average Bonchev–Trinajstić information content (AvgIpc) is 2.89. The number of aromatic nitrogens is 4. The molecule has 0 aliphatic carbocycles. The number of rotatable bonds is 5. The molecule has 0 radical (unpaired) electrons. The van der Waals surface area contributed by atoms with Gasteiger partial charge in [-0.25, -0.2) is 9.89 Å². The lowest BCUT2D eigenvalue weighted by atomic mass is 10.2. The summed E-state index contributed by atoms with van der Waals surface area (Å²) in [6.45, 7) is 4.18. The van der Waals surface area contributed by atoms with Crippen molar-refractivity contribution < 1.29 is 4.74 Å². The molecule has 2 aromatic rings. The lowest BCUT2D eigenvalue weighted by Crippen LogP contribution is -2.18. The number of H-pyrrole nitrogens is 1. The van der Waals surface area contributed by atoms with Gasteiger partial charge in [0.15, 0.2) is 0 Å². The maximum atomic E-state index is 11.7. The summed E-state index contributed by atoms with van der Waals surface area (Å²) < 4.78 is 7.95. The molecule has 7 heteroatoms. The molecule has 1 aromatic carbocycles. The molecule has 0 spiro atoms. The van der Waals surface area contributed by atoms with E-state index in [9.17, 15) is 4.79 Å². The van der Waals surface area contributed by atoms with Gasteiger partial charge in [-0.1, -0.05) is 18.2 Å². The molecule has 110 valence electrons. The van der Waals surface area contributed by atoms with Gasteiger partial charge in [0.2, 0.25) is 0 Å². The van der Waals surface area contributed by atoms with Gasteiger partial charge in [-0.3, -0.25) is 0 Å². The molecule has 0 atom stereocenters. The molecule has 0 saturated carbocycles. The highest BCUT2D eigenvalue weighted by molar-refractivity contribution is 14.1. The monoisotopic (exact) mass is 398 g/mol. The van der Waals surface area contributed by atoms with E-state index in [1.165, 1.54) is 4.68 Å². The van der Waals surface area contributed by atoms with Gasteiger partial charge < -0.3 is 4.74 Å². The van der Waals surface area contributed by atoms with Crippen molar-refractivity contribution in [3.05, 3.63) is 61.8 Å². The van der Waals surface area contributed by atoms with Crippen molar-refractivity contribution in [2.75, 3.05) is 0 Å². The topological polar surface area (TPSA) is 72.8 Å². The Bertz CT molecular complexity index is 731. The second-order valence-electron chi connectivity index (χ2n) is 4.25. The first kappa shape index (κ1) is 15.5. The Kier molecular flexibility index (Phi) is 5.32. The Balaban J connectivity index is 2.31. The Hall–Kier alpha value is -1.90. The van der Waals surface area contributed by atoms with E-state index >= 15 is 0 Å². The van der Waals surface area contributed by atoms with Gasteiger partial charge in [-0.05, 0) is 65.1 Å². The molecule has 1 aromatic heterocycles. The molecule has 0 amide bonds. The third-order valence-electron chi connectivity index (χ3n) is 2.76. The number of hydrogen-bond donors (Lipinski definition) is 1. The predicted octanol–water partition coefficient (Wildman–Crippen LogP) is 2.56. The smallest absolute Gasteiger partial charge is 0.365 e. The van der Waals surface area contributed by atoms with Crippen LogP contribution in [-0.2, 0) is 11.3 Å². The summed E-state index contributed by atoms with van der Waals surface area (Å²) in [5.41, 5.74) is 1.18. The second-order valence-corrected chi connectivity index (χ2v) is 5.41. The number of nitrogens with zero attached hydrogens (tertiary/aromatic N) is 3. The SMILES string of the molecule is CC=C/C=C(\C)OCc1c(I)cccc1-n1nn[nH]c1=O. The average molecular weight is 398 g/mol. The highest BCUT2D eigenvalue weighted by atomic mass is 127. The van der Waals surface area contributed by atoms with Crippen molar-refractivity contribution in [3.8, 4) is 5.69 Å². The minimum Gasteiger partial charge on any atom is -0.493 e. The predicted molar refractivity (Wildman–Crippen MR) is 88.1 cm³/mol. The van der Waals surface area contributed by atoms with Crippen LogP contribution in [-0.4, -0.2) is 20.2 Å². The molecular weight excluding hydrogens is 383 g/mol. The minimum absolute atomic E-state index is 0.355. The third kappa shape index (κ3) is 3.81. The molecule has 0 bridgehead atoms. The molecule has 0 aliphatic rings. The van der Waals surface area contributed by atoms with E-state index in [-0.39, 0.29) is 5.69 Å². The van der Waals surface area contributed by atoms with Crippen LogP contribution in [0, 0.1) is 3.57 Å². The van der Waals surface area contributed by atoms with E-state index in [4.69, 9.17) is 4.74 Å². The van der Waals surface area contributed by atoms with Crippen molar-refractivity contribution in [1.29, 1.82) is 0 Å². The fourth-order valence-corrected chi connectivity index (χ4v) is 2.35. The summed E-state index contributed by atoms with van der Waals surface area (Å²) in [7, 11) is 0. The number of benzene rings is 1. The van der Waals surface area contributed by atoms with Crippen LogP contribution in [0.15, 0.2) is 47.0 Å². The number of halogens is 1. The maximum Gasteiger partial charge on any atom is 0.365 e. The summed E-state index contributed by atoms with van der Waals surface area (Å²) >= 11 is 2.21. The van der Waals surface area contributed by atoms with Gasteiger partial charge in [0.05, 0.1) is 11.4 Å². The van der Waals surface area contributed by atoms with E-state index in [2.05, 4.69) is 38.1 Å². The summed E-state index contributed by atoms with van der Waals surface area (Å²) in [5.74, 6) is 0.797. The molecule has 0 unspecified atom stereocenters. The minimum atomic E-state index is -0.376. The third-order valence-corrected chi connectivity index (χ3v) is 3.77. The molecule has 1 heterocycles. The molecule has 2 rings (SSSR count). The van der Waals surface area contributed by atoms with Crippen LogP contribution >= 0.6 is 22.6 Å². The first-order valence-electron chi connectivity index (χ1n) is 6.34. The molecule has 1 N–H and O–H groups in total. The molecule has 6 nitrogen and oxygen atoms in total. The highest BCUT2D eigenvalue weighted by Crippen LogP contribution is 2.21. The van der Waals surface area contributed by atoms with Crippen LogP contribution in [0.4, 0.5) is 0 Å². The molecule has 0 aliphatic heterocycles. The number of aromatic amines is 1. The zero-order valence-corrected chi connectivity index (χ0v) is 13.9. The Morgan fingerprint density at radius 3 is 3.00 bits per heavy atom. The summed E-state index contributed by atoms with van der Waals surface area (Å²) in [4.78, 5) is 11.7. The first-order valence-corrected chi connectivity index (χ1v) is 7.42. The van der Waals surface area contributed by atoms with Crippen LogP contribution in [0.25, 0.3) is 5.69 Å². The highest BCUT2D eigenvalue weighted by Gasteiger charge is 2.12. The van der Waals surface area contributed by atoms with E-state index in [0.29, 0.717) is 12.3 Å². The van der Waals surface area contributed by atoms with E-state index in [0.717, 1.165) is 14.9 Å². The van der Waals surface area contributed by atoms with E-state index in [1.54, 1.807) is 0 Å². The zero-order chi connectivity index (χ0) is 15.2. The fourth-order valence-electron chi connectivity index (χ4n) is 1.71. The summed E-state index contributed by atoms with van der Waals surface area (Å²) in [6.07, 6.45) is 5.73. The number of ether oxygens (including phenoxy) is 1. The van der Waals surface area contributed by atoms with Crippen LogP contribution in [0.1, 0.15) is 19.4 Å². The van der Waals surface area contributed by atoms with Crippen molar-refractivity contribution in [3.63, 3.8) is 0 Å². The zero-order valence-electron chi connectivity index (χ0n) is 11.7. The lowest BCUT2D eigenvalue weighted by molar-refractivity contribution is 0.200. The Morgan fingerprint density at radius 2 is 2.33 bits per heavy atom. The van der Waals surface area contributed by atoms with Crippen LogP contribution < -0.4 is 5.69 Å². The van der Waals surface area contributed by atoms with Crippen LogP contribution in [0.2, 0.25) is 0 Å². The number of hydrogen-bond acceptors (Lipinski definition) is 4. The number of allylic oxidation sites excluding steroid dienone is 4. The van der Waals surface area contributed by atoms with Crippen molar-refractivity contribution in [2.45, 2.75) is 20.5 Å². The molecular formula is C14H15IN4O2. The van der Waals surface area contributed by atoms with Gasteiger partial charge in [0.25, 0.3) is 0 Å². The van der Waals surface area contributed by atoms with Gasteiger partial charge >= 0.3 is 5.69 Å². The van der Waals surface area contributed by atoms with Gasteiger partial charge in [-0.15, -0.1) is 0 Å².